The number of nitrogens with one attached hydrogen (secondary N) is 1. The van der Waals surface area contributed by atoms with E-state index < -0.39 is 11.6 Å². The van der Waals surface area contributed by atoms with Crippen molar-refractivity contribution in [2.75, 3.05) is 20.2 Å². The molecule has 178 valence electrons. The molecule has 5 N–H and O–H groups in total. The minimum absolute atomic E-state index is 0.0359. The minimum Gasteiger partial charge on any atom is -0.503 e. The van der Waals surface area contributed by atoms with Gasteiger partial charge in [-0.2, -0.15) is 0 Å². The van der Waals surface area contributed by atoms with Crippen LogP contribution in [0.25, 0.3) is 22.0 Å². The quantitative estimate of drug-likeness (QED) is 0.432. The van der Waals surface area contributed by atoms with Crippen LogP contribution in [-0.2, 0) is 4.74 Å². The van der Waals surface area contributed by atoms with Crippen LogP contribution >= 0.6 is 0 Å². The van der Waals surface area contributed by atoms with Gasteiger partial charge >= 0.3 is 12.1 Å². The van der Waals surface area contributed by atoms with Crippen molar-refractivity contribution >= 4 is 23.0 Å². The van der Waals surface area contributed by atoms with Gasteiger partial charge in [-0.15, -0.1) is 0 Å². The number of pyridine rings is 1. The van der Waals surface area contributed by atoms with Crippen molar-refractivity contribution in [3.8, 4) is 22.8 Å². The lowest BCUT2D eigenvalue weighted by molar-refractivity contribution is -0.0439. The molecule has 1 aromatic carbocycles. The van der Waals surface area contributed by atoms with Crippen molar-refractivity contribution in [1.29, 1.82) is 0 Å². The SMILES string of the molecule is COc1ncc(-c2c(C(=O)O)[nH]c3c([C@H](C)N4CC5(CC(CN)C5)OC4=O)cccc23)cc1O. The number of benzene rings is 1. The molecule has 2 fully saturated rings. The van der Waals surface area contributed by atoms with Gasteiger partial charge in [0.25, 0.3) is 5.88 Å². The molecular weight excluding hydrogens is 440 g/mol. The van der Waals surface area contributed by atoms with Gasteiger partial charge in [0, 0.05) is 22.7 Å². The normalized spacial score (nSPS) is 22.6. The van der Waals surface area contributed by atoms with Crippen LogP contribution in [0.3, 0.4) is 0 Å². The van der Waals surface area contributed by atoms with Crippen LogP contribution in [-0.4, -0.2) is 62.9 Å². The number of carbonyl (C=O) groups is 2. The molecule has 1 aliphatic carbocycles. The summed E-state index contributed by atoms with van der Waals surface area (Å²) in [5.74, 6) is -0.937. The average Bonchev–Trinajstić information content (AvgIpc) is 3.36. The second kappa shape index (κ2) is 7.91. The Kier molecular flexibility index (Phi) is 5.12. The average molecular weight is 466 g/mol. The number of aromatic amines is 1. The molecular formula is C24H26N4O6. The first-order valence-electron chi connectivity index (χ1n) is 11.1. The Morgan fingerprint density at radius 1 is 1.44 bits per heavy atom. The number of H-pyrrole nitrogens is 1. The van der Waals surface area contributed by atoms with Crippen LogP contribution in [0.5, 0.6) is 11.6 Å². The first-order valence-corrected chi connectivity index (χ1v) is 11.1. The summed E-state index contributed by atoms with van der Waals surface area (Å²) >= 11 is 0. The molecule has 0 unspecified atom stereocenters. The van der Waals surface area contributed by atoms with Gasteiger partial charge in [-0.25, -0.2) is 14.6 Å². The van der Waals surface area contributed by atoms with Gasteiger partial charge in [0.15, 0.2) is 5.75 Å². The summed E-state index contributed by atoms with van der Waals surface area (Å²) in [6.07, 6.45) is 2.59. The number of fused-ring (bicyclic) bond motifs is 1. The molecule has 0 radical (unpaired) electrons. The molecule has 0 bridgehead atoms. The largest absolute Gasteiger partial charge is 0.503 e. The number of hydrogen-bond acceptors (Lipinski definition) is 7. The zero-order chi connectivity index (χ0) is 24.2. The van der Waals surface area contributed by atoms with Gasteiger partial charge in [0.1, 0.15) is 11.3 Å². The molecule has 5 rings (SSSR count). The number of carbonyl (C=O) groups excluding carboxylic acids is 1. The number of amides is 1. The number of nitrogens with two attached hydrogens (primary N) is 1. The van der Waals surface area contributed by atoms with Crippen LogP contribution in [0, 0.1) is 5.92 Å². The van der Waals surface area contributed by atoms with Gasteiger partial charge < -0.3 is 30.4 Å². The Morgan fingerprint density at radius 3 is 2.85 bits per heavy atom. The number of carboxylic acid groups (broad SMARTS) is 1. The Hall–Kier alpha value is -3.79. The fraction of sp³-hybridized carbons (Fsp3) is 0.375. The van der Waals surface area contributed by atoms with Crippen LogP contribution in [0.4, 0.5) is 4.79 Å². The number of nitrogens with zero attached hydrogens (tertiary/aromatic N) is 2. The minimum atomic E-state index is -1.15. The lowest BCUT2D eigenvalue weighted by atomic mass is 9.71. The van der Waals surface area contributed by atoms with E-state index in [1.54, 1.807) is 11.0 Å². The Labute approximate surface area is 195 Å². The summed E-state index contributed by atoms with van der Waals surface area (Å²) in [6.45, 7) is 2.94. The molecule has 1 spiro atoms. The standard InChI is InChI=1S/C24H26N4O6/c1-12(28-11-24(34-23(28)32)7-13(8-24)9-25)15-4-3-5-16-18(20(22(30)31)27-19(15)16)14-6-17(29)21(33-2)26-10-14/h3-6,10,12-13,27,29H,7-9,11,25H2,1-2H3,(H,30,31)/t12-,13?,24?/m0/s1. The molecule has 10 heteroatoms. The molecule has 3 aromatic rings. The third kappa shape index (κ3) is 3.33. The summed E-state index contributed by atoms with van der Waals surface area (Å²) in [6, 6.07) is 6.54. The van der Waals surface area contributed by atoms with Gasteiger partial charge in [0.05, 0.1) is 25.2 Å². The highest BCUT2D eigenvalue weighted by molar-refractivity contribution is 6.08. The second-order valence-corrected chi connectivity index (χ2v) is 9.07. The molecule has 1 saturated carbocycles. The fourth-order valence-corrected chi connectivity index (χ4v) is 5.27. The Balaban J connectivity index is 1.56. The van der Waals surface area contributed by atoms with E-state index in [1.807, 2.05) is 19.1 Å². The van der Waals surface area contributed by atoms with E-state index in [2.05, 4.69) is 9.97 Å². The highest BCUT2D eigenvalue weighted by Gasteiger charge is 2.54. The molecule has 10 nitrogen and oxygen atoms in total. The summed E-state index contributed by atoms with van der Waals surface area (Å²) in [5.41, 5.74) is 7.41. The van der Waals surface area contributed by atoms with Gasteiger partial charge in [0.2, 0.25) is 0 Å². The number of carboxylic acids is 1. The highest BCUT2D eigenvalue weighted by atomic mass is 16.6. The first-order chi connectivity index (χ1) is 16.3. The molecule has 1 amide bonds. The van der Waals surface area contributed by atoms with Crippen LogP contribution in [0.2, 0.25) is 0 Å². The number of aromatic hydroxyl groups is 1. The monoisotopic (exact) mass is 466 g/mol. The Morgan fingerprint density at radius 2 is 2.21 bits per heavy atom. The van der Waals surface area contributed by atoms with Crippen molar-refractivity contribution in [3.05, 3.63) is 41.7 Å². The molecule has 1 aliphatic heterocycles. The number of para-hydroxylation sites is 1. The van der Waals surface area contributed by atoms with Gasteiger partial charge in [-0.3, -0.25) is 4.90 Å². The predicted octanol–water partition coefficient (Wildman–Crippen LogP) is 3.26. The van der Waals surface area contributed by atoms with E-state index in [1.165, 1.54) is 19.4 Å². The van der Waals surface area contributed by atoms with E-state index in [9.17, 15) is 19.8 Å². The number of hydrogen-bond donors (Lipinski definition) is 4. The van der Waals surface area contributed by atoms with Crippen LogP contribution in [0.1, 0.15) is 41.9 Å². The van der Waals surface area contributed by atoms with E-state index in [0.717, 1.165) is 18.4 Å². The summed E-state index contributed by atoms with van der Waals surface area (Å²) in [5, 5.41) is 20.8. The zero-order valence-corrected chi connectivity index (χ0v) is 18.9. The van der Waals surface area contributed by atoms with Gasteiger partial charge in [-0.05, 0) is 43.9 Å². The zero-order valence-electron chi connectivity index (χ0n) is 18.9. The van der Waals surface area contributed by atoms with Gasteiger partial charge in [-0.1, -0.05) is 18.2 Å². The van der Waals surface area contributed by atoms with Crippen molar-refractivity contribution in [1.82, 2.24) is 14.9 Å². The van der Waals surface area contributed by atoms with E-state index >= 15 is 0 Å². The number of aromatic nitrogens is 2. The van der Waals surface area contributed by atoms with Crippen LogP contribution < -0.4 is 10.5 Å². The van der Waals surface area contributed by atoms with Crippen molar-refractivity contribution in [2.24, 2.45) is 11.7 Å². The second-order valence-electron chi connectivity index (χ2n) is 9.07. The van der Waals surface area contributed by atoms with Crippen molar-refractivity contribution in [3.63, 3.8) is 0 Å². The molecule has 2 aromatic heterocycles. The van der Waals surface area contributed by atoms with Crippen LogP contribution in [0.15, 0.2) is 30.5 Å². The maximum Gasteiger partial charge on any atom is 0.411 e. The topological polar surface area (TPSA) is 151 Å². The predicted molar refractivity (Wildman–Crippen MR) is 123 cm³/mol. The number of ether oxygens (including phenoxy) is 2. The summed E-state index contributed by atoms with van der Waals surface area (Å²) < 4.78 is 10.7. The fourth-order valence-electron chi connectivity index (χ4n) is 5.27. The van der Waals surface area contributed by atoms with E-state index in [4.69, 9.17) is 15.2 Å². The summed E-state index contributed by atoms with van der Waals surface area (Å²) in [7, 11) is 1.39. The van der Waals surface area contributed by atoms with E-state index in [0.29, 0.717) is 41.0 Å². The Bertz CT molecular complexity index is 1300. The lowest BCUT2D eigenvalue weighted by Gasteiger charge is -2.42. The smallest absolute Gasteiger partial charge is 0.411 e. The molecule has 1 saturated heterocycles. The van der Waals surface area contributed by atoms with E-state index in [-0.39, 0.29) is 29.5 Å². The lowest BCUT2D eigenvalue weighted by Crippen LogP contribution is -2.49. The molecule has 2 aliphatic rings. The van der Waals surface area contributed by atoms with Crippen molar-refractivity contribution in [2.45, 2.75) is 31.4 Å². The maximum absolute atomic E-state index is 12.7. The number of rotatable bonds is 6. The summed E-state index contributed by atoms with van der Waals surface area (Å²) in [4.78, 5) is 33.7. The van der Waals surface area contributed by atoms with Crippen molar-refractivity contribution < 1.29 is 29.3 Å². The molecule has 1 atom stereocenters. The third-order valence-electron chi connectivity index (χ3n) is 6.96. The number of methoxy groups -OCH3 is 1. The molecule has 3 heterocycles. The maximum atomic E-state index is 12.7. The number of aromatic carboxylic acids is 1. The third-order valence-corrected chi connectivity index (χ3v) is 6.96. The first kappa shape index (κ1) is 22.0. The molecule has 34 heavy (non-hydrogen) atoms. The highest BCUT2D eigenvalue weighted by Crippen LogP contribution is 2.47.